The molecule has 1 aliphatic heterocycles. The van der Waals surface area contributed by atoms with Gasteiger partial charge in [0.1, 0.15) is 0 Å². The maximum absolute atomic E-state index is 13.0. The summed E-state index contributed by atoms with van der Waals surface area (Å²) in [6.07, 6.45) is 1.84. The first-order chi connectivity index (χ1) is 13.0. The zero-order valence-corrected chi connectivity index (χ0v) is 16.3. The number of rotatable bonds is 3. The van der Waals surface area contributed by atoms with Gasteiger partial charge < -0.3 is 4.90 Å². The maximum Gasteiger partial charge on any atom is 0.278 e. The summed E-state index contributed by atoms with van der Waals surface area (Å²) in [5.74, 6) is -0.0378. The van der Waals surface area contributed by atoms with Gasteiger partial charge in [0.2, 0.25) is 0 Å². The van der Waals surface area contributed by atoms with E-state index in [4.69, 9.17) is 0 Å². The third kappa shape index (κ3) is 3.63. The number of piperidine rings is 1. The Bertz CT molecular complexity index is 1010. The molecule has 3 aromatic rings. The first-order valence-corrected chi connectivity index (χ1v) is 9.00. The van der Waals surface area contributed by atoms with Crippen molar-refractivity contribution in [1.82, 2.24) is 14.7 Å². The Labute approximate surface area is 168 Å². The van der Waals surface area contributed by atoms with E-state index in [2.05, 4.69) is 17.0 Å². The average molecular weight is 401 g/mol. The van der Waals surface area contributed by atoms with Crippen molar-refractivity contribution in [3.8, 4) is 0 Å². The lowest BCUT2D eigenvalue weighted by Crippen LogP contribution is -2.29. The van der Waals surface area contributed by atoms with Crippen LogP contribution in [0, 0.1) is 10.1 Å². The molecule has 0 saturated carbocycles. The van der Waals surface area contributed by atoms with Crippen LogP contribution in [-0.2, 0) is 0 Å². The van der Waals surface area contributed by atoms with E-state index in [0.717, 1.165) is 31.6 Å². The molecule has 0 unspecified atom stereocenters. The normalized spacial score (nSPS) is 15.3. The summed E-state index contributed by atoms with van der Waals surface area (Å²) in [7, 11) is 2.08. The number of hydrogen-bond donors (Lipinski definition) is 0. The van der Waals surface area contributed by atoms with Crippen molar-refractivity contribution in [3.05, 3.63) is 69.9 Å². The molecule has 4 rings (SSSR count). The van der Waals surface area contributed by atoms with Crippen LogP contribution in [0.5, 0.6) is 0 Å². The predicted molar refractivity (Wildman–Crippen MR) is 109 cm³/mol. The number of halogens is 1. The Morgan fingerprint density at radius 3 is 2.46 bits per heavy atom. The van der Waals surface area contributed by atoms with Crippen LogP contribution >= 0.6 is 12.4 Å². The molecule has 1 aliphatic rings. The molecule has 1 fully saturated rings. The lowest BCUT2D eigenvalue weighted by molar-refractivity contribution is -0.384. The minimum atomic E-state index is -0.409. The Balaban J connectivity index is 0.00000225. The third-order valence-corrected chi connectivity index (χ3v) is 5.22. The molecule has 1 aromatic heterocycles. The van der Waals surface area contributed by atoms with Crippen LogP contribution in [0.15, 0.2) is 48.5 Å². The van der Waals surface area contributed by atoms with E-state index in [-0.39, 0.29) is 29.9 Å². The van der Waals surface area contributed by atoms with Crippen molar-refractivity contribution >= 4 is 34.9 Å². The van der Waals surface area contributed by atoms with Crippen LogP contribution in [0.1, 0.15) is 34.8 Å². The number of hydrogen-bond acceptors (Lipinski definition) is 5. The number of aromatic nitrogens is 2. The molecule has 0 bridgehead atoms. The molecule has 0 atom stereocenters. The van der Waals surface area contributed by atoms with E-state index in [0.29, 0.717) is 16.5 Å². The van der Waals surface area contributed by atoms with E-state index in [1.807, 2.05) is 18.2 Å². The van der Waals surface area contributed by atoms with E-state index >= 15 is 0 Å². The van der Waals surface area contributed by atoms with Crippen molar-refractivity contribution in [1.29, 1.82) is 0 Å². The number of benzene rings is 2. The Morgan fingerprint density at radius 1 is 1.14 bits per heavy atom. The van der Waals surface area contributed by atoms with Crippen LogP contribution in [0.2, 0.25) is 0 Å². The van der Waals surface area contributed by atoms with Gasteiger partial charge >= 0.3 is 0 Å². The van der Waals surface area contributed by atoms with Crippen LogP contribution in [0.25, 0.3) is 10.9 Å². The quantitative estimate of drug-likeness (QED) is 0.492. The molecule has 0 spiro atoms. The van der Waals surface area contributed by atoms with Crippen molar-refractivity contribution in [2.24, 2.45) is 0 Å². The second-order valence-electron chi connectivity index (χ2n) is 7.00. The molecule has 1 saturated heterocycles. The molecule has 7 nitrogen and oxygen atoms in total. The highest BCUT2D eigenvalue weighted by Crippen LogP contribution is 2.34. The van der Waals surface area contributed by atoms with Crippen molar-refractivity contribution in [2.45, 2.75) is 18.8 Å². The van der Waals surface area contributed by atoms with E-state index < -0.39 is 4.92 Å². The molecule has 2 aromatic carbocycles. The van der Waals surface area contributed by atoms with Crippen molar-refractivity contribution in [3.63, 3.8) is 0 Å². The molecule has 28 heavy (non-hydrogen) atoms. The van der Waals surface area contributed by atoms with Gasteiger partial charge in [-0.2, -0.15) is 9.78 Å². The summed E-state index contributed by atoms with van der Waals surface area (Å²) >= 11 is 0. The largest absolute Gasteiger partial charge is 0.306 e. The van der Waals surface area contributed by atoms with E-state index in [1.54, 1.807) is 24.3 Å². The first kappa shape index (κ1) is 20.0. The second kappa shape index (κ2) is 8.08. The molecule has 0 amide bonds. The SMILES string of the molecule is CN1CCC(c2nn(C(=O)c3ccccc3)c3ccc([N+](=O)[O-])cc23)CC1.Cl. The highest BCUT2D eigenvalue weighted by atomic mass is 35.5. The van der Waals surface area contributed by atoms with E-state index in [1.165, 1.54) is 10.7 Å². The van der Waals surface area contributed by atoms with Crippen LogP contribution < -0.4 is 0 Å². The van der Waals surface area contributed by atoms with Gasteiger partial charge in [0.25, 0.3) is 11.6 Å². The fraction of sp³-hybridized carbons (Fsp3) is 0.300. The number of nitrogens with zero attached hydrogens (tertiary/aromatic N) is 4. The summed E-state index contributed by atoms with van der Waals surface area (Å²) in [6.45, 7) is 1.89. The number of likely N-dealkylation sites (tertiary alicyclic amines) is 1. The molecule has 0 N–H and O–H groups in total. The van der Waals surface area contributed by atoms with Gasteiger partial charge in [-0.25, -0.2) is 0 Å². The smallest absolute Gasteiger partial charge is 0.278 e. The standard InChI is InChI=1S/C20H20N4O3.ClH/c1-22-11-9-14(10-12-22)19-17-13-16(24(26)27)7-8-18(17)23(21-19)20(25)15-5-3-2-4-6-15;/h2-8,13-14H,9-12H2,1H3;1H. The minimum absolute atomic E-state index is 0. The van der Waals surface area contributed by atoms with Gasteiger partial charge in [-0.15, -0.1) is 12.4 Å². The number of non-ortho nitro benzene ring substituents is 1. The van der Waals surface area contributed by atoms with Crippen LogP contribution in [0.4, 0.5) is 5.69 Å². The third-order valence-electron chi connectivity index (χ3n) is 5.22. The minimum Gasteiger partial charge on any atom is -0.306 e. The highest BCUT2D eigenvalue weighted by molar-refractivity contribution is 6.02. The first-order valence-electron chi connectivity index (χ1n) is 9.00. The van der Waals surface area contributed by atoms with Gasteiger partial charge in [-0.1, -0.05) is 18.2 Å². The fourth-order valence-electron chi connectivity index (χ4n) is 3.68. The Hall–Kier alpha value is -2.77. The molecule has 8 heteroatoms. The zero-order chi connectivity index (χ0) is 19.0. The van der Waals surface area contributed by atoms with Gasteiger partial charge in [0, 0.05) is 29.0 Å². The second-order valence-corrected chi connectivity index (χ2v) is 7.00. The van der Waals surface area contributed by atoms with Gasteiger partial charge in [-0.05, 0) is 51.2 Å². The number of nitro groups is 1. The topological polar surface area (TPSA) is 81.3 Å². The number of fused-ring (bicyclic) bond motifs is 1. The summed E-state index contributed by atoms with van der Waals surface area (Å²) in [5.41, 5.74) is 1.95. The number of carbonyl (C=O) groups is 1. The van der Waals surface area contributed by atoms with Gasteiger partial charge in [-0.3, -0.25) is 14.9 Å². The van der Waals surface area contributed by atoms with Gasteiger partial charge in [0.05, 0.1) is 16.1 Å². The number of carbonyl (C=O) groups excluding carboxylic acids is 1. The monoisotopic (exact) mass is 400 g/mol. The number of nitro benzene ring substituents is 1. The Kier molecular flexibility index (Phi) is 5.76. The van der Waals surface area contributed by atoms with E-state index in [9.17, 15) is 14.9 Å². The molecular formula is C20H21ClN4O3. The average Bonchev–Trinajstić information content (AvgIpc) is 3.07. The predicted octanol–water partition coefficient (Wildman–Crippen LogP) is 3.86. The van der Waals surface area contributed by atoms with Crippen LogP contribution in [-0.4, -0.2) is 45.6 Å². The highest BCUT2D eigenvalue weighted by Gasteiger charge is 2.26. The van der Waals surface area contributed by atoms with Crippen LogP contribution in [0.3, 0.4) is 0 Å². The summed E-state index contributed by atoms with van der Waals surface area (Å²) < 4.78 is 1.39. The summed E-state index contributed by atoms with van der Waals surface area (Å²) in [4.78, 5) is 26.1. The van der Waals surface area contributed by atoms with Gasteiger partial charge in [0.15, 0.2) is 0 Å². The zero-order valence-electron chi connectivity index (χ0n) is 15.4. The van der Waals surface area contributed by atoms with Crippen molar-refractivity contribution < 1.29 is 9.72 Å². The molecular weight excluding hydrogens is 380 g/mol. The lowest BCUT2D eigenvalue weighted by Gasteiger charge is -2.28. The fourth-order valence-corrected chi connectivity index (χ4v) is 3.68. The lowest BCUT2D eigenvalue weighted by atomic mass is 9.92. The maximum atomic E-state index is 13.0. The molecule has 146 valence electrons. The molecule has 0 aliphatic carbocycles. The molecule has 0 radical (unpaired) electrons. The molecule has 2 heterocycles. The van der Waals surface area contributed by atoms with Crippen molar-refractivity contribution in [2.75, 3.05) is 20.1 Å². The Morgan fingerprint density at radius 2 is 1.82 bits per heavy atom. The summed E-state index contributed by atoms with van der Waals surface area (Å²) in [5, 5.41) is 16.6. The summed E-state index contributed by atoms with van der Waals surface area (Å²) in [6, 6.07) is 13.6.